The summed E-state index contributed by atoms with van der Waals surface area (Å²) in [6.07, 6.45) is 10.00. The van der Waals surface area contributed by atoms with E-state index in [4.69, 9.17) is 27.7 Å². The molecule has 0 radical (unpaired) electrons. The van der Waals surface area contributed by atoms with Gasteiger partial charge in [-0.3, -0.25) is 43.5 Å². The number of amides is 6. The fourth-order valence-corrected chi connectivity index (χ4v) is 10.1. The topological polar surface area (TPSA) is 223 Å². The number of nitrogens with one attached hydrogen (secondary N) is 2. The quantitative estimate of drug-likeness (QED) is 0.0187. The number of halogens is 2. The maximum absolute atomic E-state index is 14.1. The highest BCUT2D eigenvalue weighted by molar-refractivity contribution is 7.46. The number of carbonyl (C=O) groups is 6. The van der Waals surface area contributed by atoms with Crippen molar-refractivity contribution in [3.8, 4) is 11.5 Å². The number of phenols is 1. The van der Waals surface area contributed by atoms with Crippen molar-refractivity contribution in [3.05, 3.63) is 125 Å². The second-order valence-corrected chi connectivity index (χ2v) is 18.8. The van der Waals surface area contributed by atoms with Crippen LogP contribution in [-0.4, -0.2) is 93.2 Å². The number of phosphoric ester groups is 1. The lowest BCUT2D eigenvalue weighted by Gasteiger charge is -2.18. The molecule has 0 aliphatic carbocycles. The predicted molar refractivity (Wildman–Crippen MR) is 269 cm³/mol. The maximum Gasteiger partial charge on any atom is 0.524 e. The number of hydrogen-bond donors (Lipinski definition) is 5. The van der Waals surface area contributed by atoms with E-state index >= 15 is 0 Å². The molecule has 3 heterocycles. The number of carbonyl (C=O) groups excluding carboxylic acids is 6. The zero-order valence-corrected chi connectivity index (χ0v) is 40.0. The Morgan fingerprint density at radius 3 is 1.93 bits per heavy atom. The van der Waals surface area contributed by atoms with E-state index in [9.17, 15) is 48.2 Å². The largest absolute Gasteiger partial charge is 0.524 e. The molecule has 2 atom stereocenters. The van der Waals surface area contributed by atoms with Crippen LogP contribution in [0.15, 0.2) is 103 Å². The molecule has 0 saturated heterocycles. The molecule has 362 valence electrons. The molecule has 0 aromatic heterocycles. The monoisotopic (exact) mass is 1010 g/mol. The van der Waals surface area contributed by atoms with Crippen molar-refractivity contribution in [2.75, 3.05) is 53.1 Å². The van der Waals surface area contributed by atoms with Gasteiger partial charge in [0.1, 0.15) is 11.5 Å². The third kappa shape index (κ3) is 11.0. The van der Waals surface area contributed by atoms with Crippen LogP contribution in [0.25, 0.3) is 33.7 Å². The van der Waals surface area contributed by atoms with Gasteiger partial charge in [-0.2, -0.15) is 0 Å². The zero-order chi connectivity index (χ0) is 49.7. The third-order valence-electron chi connectivity index (χ3n) is 12.4. The first kappa shape index (κ1) is 49.6. The van der Waals surface area contributed by atoms with Crippen molar-refractivity contribution in [3.63, 3.8) is 0 Å². The Balaban J connectivity index is 0.995. The number of imide groups is 1. The summed E-state index contributed by atoms with van der Waals surface area (Å²) in [7, 11) is -4.99. The molecule has 16 nitrogen and oxygen atoms in total. The fraction of sp³-hybridized carbons (Fsp3) is 0.255. The van der Waals surface area contributed by atoms with Gasteiger partial charge in [-0.15, -0.1) is 23.2 Å². The van der Waals surface area contributed by atoms with Crippen molar-refractivity contribution in [2.24, 2.45) is 0 Å². The number of anilines is 3. The van der Waals surface area contributed by atoms with Crippen molar-refractivity contribution >= 4 is 117 Å². The van der Waals surface area contributed by atoms with Gasteiger partial charge in [-0.1, -0.05) is 67.1 Å². The highest BCUT2D eigenvalue weighted by Gasteiger charge is 2.36. The first-order chi connectivity index (χ1) is 33.6. The van der Waals surface area contributed by atoms with E-state index in [2.05, 4.69) is 10.6 Å². The van der Waals surface area contributed by atoms with Crippen LogP contribution in [0.5, 0.6) is 11.5 Å². The SMILES string of the molecule is O=C(CCCCCN1C(=O)C=CC1=O)NCCC(=O)Nc1cc(C=CC(=O)N2C[C@@H](CCl)c3c2cc(O)c2ccccc32)ccc1C=CC(=O)N1CC(CCl)c2c1cc(OP(=O)(O)O)c1ccccc21. The van der Waals surface area contributed by atoms with Crippen LogP contribution >= 0.6 is 31.0 Å². The summed E-state index contributed by atoms with van der Waals surface area (Å²) >= 11 is 12.8. The fourth-order valence-electron chi connectivity index (χ4n) is 9.15. The van der Waals surface area contributed by atoms with Crippen molar-refractivity contribution in [1.82, 2.24) is 10.2 Å². The molecule has 5 aromatic carbocycles. The zero-order valence-electron chi connectivity index (χ0n) is 37.6. The van der Waals surface area contributed by atoms with Crippen LogP contribution < -0.4 is 25.0 Å². The van der Waals surface area contributed by atoms with E-state index in [1.807, 2.05) is 24.3 Å². The van der Waals surface area contributed by atoms with E-state index in [1.54, 1.807) is 59.5 Å². The minimum atomic E-state index is -4.99. The lowest BCUT2D eigenvalue weighted by Crippen LogP contribution is -2.31. The van der Waals surface area contributed by atoms with Crippen molar-refractivity contribution in [2.45, 2.75) is 43.9 Å². The number of phenolic OH excluding ortho intramolecular Hbond substituents is 1. The Bertz CT molecular complexity index is 3060. The molecule has 6 amide bonds. The molecule has 1 unspecified atom stereocenters. The second kappa shape index (κ2) is 21.5. The molecule has 0 saturated carbocycles. The highest BCUT2D eigenvalue weighted by atomic mass is 35.5. The normalized spacial score (nSPS) is 16.5. The van der Waals surface area contributed by atoms with Gasteiger partial charge >= 0.3 is 7.82 Å². The first-order valence-electron chi connectivity index (χ1n) is 22.5. The Morgan fingerprint density at radius 2 is 1.30 bits per heavy atom. The van der Waals surface area contributed by atoms with E-state index in [1.165, 1.54) is 41.3 Å². The highest BCUT2D eigenvalue weighted by Crippen LogP contribution is 2.49. The molecular formula is C51H48Cl2N5O11P. The van der Waals surface area contributed by atoms with E-state index < -0.39 is 19.6 Å². The van der Waals surface area contributed by atoms with Crippen LogP contribution in [-0.2, 0) is 33.3 Å². The van der Waals surface area contributed by atoms with Crippen LogP contribution in [0.4, 0.5) is 17.1 Å². The predicted octanol–water partition coefficient (Wildman–Crippen LogP) is 7.87. The van der Waals surface area contributed by atoms with Crippen LogP contribution in [0.3, 0.4) is 0 Å². The number of alkyl halides is 2. The number of rotatable bonds is 18. The van der Waals surface area contributed by atoms with Gasteiger partial charge in [0.05, 0.1) is 11.4 Å². The van der Waals surface area contributed by atoms with Gasteiger partial charge < -0.3 is 30.1 Å². The van der Waals surface area contributed by atoms with E-state index in [0.29, 0.717) is 64.5 Å². The van der Waals surface area contributed by atoms with Crippen LogP contribution in [0, 0.1) is 0 Å². The Morgan fingerprint density at radius 1 is 0.714 bits per heavy atom. The lowest BCUT2D eigenvalue weighted by molar-refractivity contribution is -0.137. The van der Waals surface area contributed by atoms with E-state index in [-0.39, 0.29) is 96.9 Å². The van der Waals surface area contributed by atoms with Crippen molar-refractivity contribution in [1.29, 1.82) is 0 Å². The average Bonchev–Trinajstić information content (AvgIpc) is 4.01. The number of hydrogen-bond acceptors (Lipinski definition) is 9. The molecule has 5 aromatic rings. The van der Waals surface area contributed by atoms with Gasteiger partial charge in [0, 0.05) is 116 Å². The van der Waals surface area contributed by atoms with Gasteiger partial charge in [0.15, 0.2) is 0 Å². The number of nitrogens with zero attached hydrogens (tertiary/aromatic N) is 3. The number of fused-ring (bicyclic) bond motifs is 6. The average molecular weight is 1010 g/mol. The van der Waals surface area contributed by atoms with Crippen LogP contribution in [0.1, 0.15) is 66.2 Å². The molecular weight excluding hydrogens is 960 g/mol. The summed E-state index contributed by atoms with van der Waals surface area (Å²) in [5, 5.41) is 19.0. The molecule has 0 fully saturated rings. The minimum Gasteiger partial charge on any atom is -0.507 e. The molecule has 0 bridgehead atoms. The summed E-state index contributed by atoms with van der Waals surface area (Å²) in [4.78, 5) is 101. The summed E-state index contributed by atoms with van der Waals surface area (Å²) in [6, 6.07) is 22.3. The molecule has 8 rings (SSSR count). The number of aromatic hydroxyl groups is 1. The smallest absolute Gasteiger partial charge is 0.507 e. The summed E-state index contributed by atoms with van der Waals surface area (Å²) in [5.74, 6) is -2.43. The molecule has 3 aliphatic rings. The van der Waals surface area contributed by atoms with E-state index in [0.717, 1.165) is 21.4 Å². The number of phosphoric acid groups is 1. The van der Waals surface area contributed by atoms with Crippen LogP contribution in [0.2, 0.25) is 0 Å². The molecule has 5 N–H and O–H groups in total. The van der Waals surface area contributed by atoms with Gasteiger partial charge in [0.2, 0.25) is 11.8 Å². The minimum absolute atomic E-state index is 0.0226. The Labute approximate surface area is 412 Å². The Kier molecular flexibility index (Phi) is 15.2. The van der Waals surface area contributed by atoms with Crippen molar-refractivity contribution < 1.29 is 52.7 Å². The van der Waals surface area contributed by atoms with Gasteiger partial charge in [-0.25, -0.2) is 4.57 Å². The third-order valence-corrected chi connectivity index (χ3v) is 13.6. The molecule has 3 aliphatic heterocycles. The Hall–Kier alpha value is -6.81. The van der Waals surface area contributed by atoms with Gasteiger partial charge in [-0.05, 0) is 64.1 Å². The van der Waals surface area contributed by atoms with Gasteiger partial charge in [0.25, 0.3) is 23.6 Å². The number of benzene rings is 5. The molecule has 19 heteroatoms. The maximum atomic E-state index is 14.1. The summed E-state index contributed by atoms with van der Waals surface area (Å²) in [5.41, 5.74) is 3.75. The second-order valence-electron chi connectivity index (χ2n) is 17.0. The molecule has 70 heavy (non-hydrogen) atoms. The first-order valence-corrected chi connectivity index (χ1v) is 25.1. The lowest BCUT2D eigenvalue weighted by atomic mass is 9.95. The number of unbranched alkanes of at least 4 members (excludes halogenated alkanes) is 2. The summed E-state index contributed by atoms with van der Waals surface area (Å²) < 4.78 is 17.1. The molecule has 0 spiro atoms. The standard InChI is InChI=1S/C51H48Cl2N5O11P/c52-27-33-29-57(40-25-42(59)35-8-3-5-10-37(35)50(33)40)48(64)17-14-31-13-15-32(39(24-31)55-45(61)21-22-54-44(60)12-2-1-7-23-56-46(62)19-20-47(56)63)16-18-49(65)58-30-34(28-53)51-38-11-6-4-9-36(38)43(26-41(51)58)69-70(66,67)68/h3-6,8-11,13-20,24-26,33-34,59H,1-2,7,12,21-23,27-30H2,(H,54,60)(H,55,61)(H2,66,67,68)/t33-,34?/m1/s1. The summed E-state index contributed by atoms with van der Waals surface area (Å²) in [6.45, 7) is 0.758.